The van der Waals surface area contributed by atoms with E-state index < -0.39 is 0 Å². The molecule has 0 unspecified atom stereocenters. The van der Waals surface area contributed by atoms with Crippen LogP contribution in [0.1, 0.15) is 31.5 Å². The molecule has 2 aromatic heterocycles. The molecule has 5 heteroatoms. The molecule has 24 heavy (non-hydrogen) atoms. The Balaban J connectivity index is 1.65. The molecule has 4 nitrogen and oxygen atoms in total. The number of fused-ring (bicyclic) bond motifs is 1. The van der Waals surface area contributed by atoms with Gasteiger partial charge >= 0.3 is 0 Å². The number of rotatable bonds is 3. The van der Waals surface area contributed by atoms with Gasteiger partial charge in [-0.15, -0.1) is 11.3 Å². The average molecular weight is 339 g/mol. The van der Waals surface area contributed by atoms with Crippen molar-refractivity contribution < 1.29 is 0 Å². The number of H-pyrrole nitrogens is 1. The van der Waals surface area contributed by atoms with Crippen LogP contribution in [0, 0.1) is 0 Å². The van der Waals surface area contributed by atoms with E-state index in [0.29, 0.717) is 5.39 Å². The summed E-state index contributed by atoms with van der Waals surface area (Å²) in [4.78, 5) is 24.5. The molecule has 0 atom stereocenters. The summed E-state index contributed by atoms with van der Waals surface area (Å²) in [7, 11) is 0. The number of aromatic amines is 1. The molecule has 0 radical (unpaired) electrons. The van der Waals surface area contributed by atoms with E-state index in [1.165, 1.54) is 25.7 Å². The standard InChI is InChI=1S/C19H21N3OS/c23-18-15-12-16(14-8-4-3-5-9-14)24-19(15)21-17(20-18)13-22-10-6-1-2-7-11-22/h3-5,8-9,12H,1-2,6-7,10-11,13H2,(H,20,21,23). The number of hydrogen-bond donors (Lipinski definition) is 1. The average Bonchev–Trinajstić information content (AvgIpc) is 2.87. The van der Waals surface area contributed by atoms with Crippen molar-refractivity contribution in [3.63, 3.8) is 0 Å². The summed E-state index contributed by atoms with van der Waals surface area (Å²) in [6.45, 7) is 2.94. The highest BCUT2D eigenvalue weighted by Crippen LogP contribution is 2.30. The van der Waals surface area contributed by atoms with Gasteiger partial charge in [0.25, 0.3) is 5.56 Å². The predicted molar refractivity (Wildman–Crippen MR) is 99.4 cm³/mol. The SMILES string of the molecule is O=c1[nH]c(CN2CCCCCC2)nc2sc(-c3ccccc3)cc12. The first-order chi connectivity index (χ1) is 11.8. The van der Waals surface area contributed by atoms with Crippen molar-refractivity contribution in [2.45, 2.75) is 32.2 Å². The van der Waals surface area contributed by atoms with E-state index in [1.54, 1.807) is 11.3 Å². The van der Waals surface area contributed by atoms with E-state index >= 15 is 0 Å². The van der Waals surface area contributed by atoms with Gasteiger partial charge in [-0.05, 0) is 37.6 Å². The number of benzene rings is 1. The summed E-state index contributed by atoms with van der Waals surface area (Å²) in [6.07, 6.45) is 5.10. The third-order valence-corrected chi connectivity index (χ3v) is 5.66. The van der Waals surface area contributed by atoms with Gasteiger partial charge in [-0.3, -0.25) is 9.69 Å². The quantitative estimate of drug-likeness (QED) is 0.784. The zero-order valence-electron chi connectivity index (χ0n) is 13.6. The minimum atomic E-state index is -0.0248. The third-order valence-electron chi connectivity index (χ3n) is 4.58. The van der Waals surface area contributed by atoms with E-state index in [0.717, 1.165) is 40.7 Å². The van der Waals surface area contributed by atoms with Gasteiger partial charge in [0.1, 0.15) is 10.7 Å². The van der Waals surface area contributed by atoms with Crippen LogP contribution in [-0.4, -0.2) is 28.0 Å². The summed E-state index contributed by atoms with van der Waals surface area (Å²) in [5.41, 5.74) is 1.11. The van der Waals surface area contributed by atoms with Gasteiger partial charge in [-0.2, -0.15) is 0 Å². The molecule has 1 aliphatic heterocycles. The highest BCUT2D eigenvalue weighted by molar-refractivity contribution is 7.21. The first-order valence-electron chi connectivity index (χ1n) is 8.60. The van der Waals surface area contributed by atoms with Crippen molar-refractivity contribution in [1.82, 2.24) is 14.9 Å². The van der Waals surface area contributed by atoms with Crippen LogP contribution in [0.15, 0.2) is 41.2 Å². The first-order valence-corrected chi connectivity index (χ1v) is 9.42. The van der Waals surface area contributed by atoms with E-state index in [-0.39, 0.29) is 5.56 Å². The second kappa shape index (κ2) is 6.87. The van der Waals surface area contributed by atoms with E-state index in [1.807, 2.05) is 24.3 Å². The molecule has 3 aromatic rings. The topological polar surface area (TPSA) is 49.0 Å². The van der Waals surface area contributed by atoms with Crippen molar-refractivity contribution in [1.29, 1.82) is 0 Å². The molecule has 124 valence electrons. The summed E-state index contributed by atoms with van der Waals surface area (Å²) in [6, 6.07) is 12.1. The lowest BCUT2D eigenvalue weighted by Gasteiger charge is -2.18. The van der Waals surface area contributed by atoms with Crippen LogP contribution in [0.4, 0.5) is 0 Å². The van der Waals surface area contributed by atoms with Gasteiger partial charge in [0, 0.05) is 4.88 Å². The van der Waals surface area contributed by atoms with Crippen LogP contribution in [0.5, 0.6) is 0 Å². The van der Waals surface area contributed by atoms with Crippen molar-refractivity contribution >= 4 is 21.6 Å². The summed E-state index contributed by atoms with van der Waals surface area (Å²) in [5, 5.41) is 0.693. The molecule has 3 heterocycles. The molecule has 1 N–H and O–H groups in total. The van der Waals surface area contributed by atoms with E-state index in [4.69, 9.17) is 4.98 Å². The fourth-order valence-electron chi connectivity index (χ4n) is 3.30. The first kappa shape index (κ1) is 15.5. The van der Waals surface area contributed by atoms with Crippen LogP contribution in [0.25, 0.3) is 20.7 Å². The van der Waals surface area contributed by atoms with Crippen LogP contribution < -0.4 is 5.56 Å². The van der Waals surface area contributed by atoms with Gasteiger partial charge < -0.3 is 4.98 Å². The molecule has 1 saturated heterocycles. The van der Waals surface area contributed by atoms with Crippen LogP contribution in [0.3, 0.4) is 0 Å². The zero-order chi connectivity index (χ0) is 16.4. The largest absolute Gasteiger partial charge is 0.309 e. The van der Waals surface area contributed by atoms with Crippen molar-refractivity contribution in [3.05, 3.63) is 52.6 Å². The van der Waals surface area contributed by atoms with Gasteiger partial charge in [0.2, 0.25) is 0 Å². The summed E-state index contributed by atoms with van der Waals surface area (Å²) >= 11 is 1.60. The Bertz CT molecular complexity index is 877. The monoisotopic (exact) mass is 339 g/mol. The molecule has 1 aromatic carbocycles. The van der Waals surface area contributed by atoms with E-state index in [9.17, 15) is 4.79 Å². The second-order valence-electron chi connectivity index (χ2n) is 6.40. The van der Waals surface area contributed by atoms with Gasteiger partial charge in [0.05, 0.1) is 11.9 Å². The zero-order valence-corrected chi connectivity index (χ0v) is 14.4. The maximum Gasteiger partial charge on any atom is 0.259 e. The number of hydrogen-bond acceptors (Lipinski definition) is 4. The Kier molecular flexibility index (Phi) is 4.45. The number of nitrogens with zero attached hydrogens (tertiary/aromatic N) is 2. The third kappa shape index (κ3) is 3.28. The highest BCUT2D eigenvalue weighted by atomic mass is 32.1. The van der Waals surface area contributed by atoms with Crippen LogP contribution in [-0.2, 0) is 6.54 Å². The smallest absolute Gasteiger partial charge is 0.259 e. The minimum Gasteiger partial charge on any atom is -0.309 e. The molecule has 0 saturated carbocycles. The maximum atomic E-state index is 12.4. The molecule has 0 bridgehead atoms. The Labute approximate surface area is 145 Å². The molecule has 1 aliphatic rings. The Hall–Kier alpha value is -1.98. The van der Waals surface area contributed by atoms with Crippen LogP contribution >= 0.6 is 11.3 Å². The van der Waals surface area contributed by atoms with Crippen molar-refractivity contribution in [3.8, 4) is 10.4 Å². The lowest BCUT2D eigenvalue weighted by atomic mass is 10.2. The van der Waals surface area contributed by atoms with Crippen molar-refractivity contribution in [2.75, 3.05) is 13.1 Å². The molecule has 0 aliphatic carbocycles. The molecule has 4 rings (SSSR count). The Morgan fingerprint density at radius 2 is 1.83 bits per heavy atom. The van der Waals surface area contributed by atoms with Gasteiger partial charge in [-0.1, -0.05) is 43.2 Å². The number of nitrogens with one attached hydrogen (secondary N) is 1. The lowest BCUT2D eigenvalue weighted by Crippen LogP contribution is -2.26. The fraction of sp³-hybridized carbons (Fsp3) is 0.368. The lowest BCUT2D eigenvalue weighted by molar-refractivity contribution is 0.270. The summed E-state index contributed by atoms with van der Waals surface area (Å²) < 4.78 is 0. The molecular weight excluding hydrogens is 318 g/mol. The van der Waals surface area contributed by atoms with Gasteiger partial charge in [-0.25, -0.2) is 4.98 Å². The molecular formula is C19H21N3OS. The minimum absolute atomic E-state index is 0.0248. The Morgan fingerprint density at radius 1 is 1.08 bits per heavy atom. The maximum absolute atomic E-state index is 12.4. The second-order valence-corrected chi connectivity index (χ2v) is 7.43. The van der Waals surface area contributed by atoms with Gasteiger partial charge in [0.15, 0.2) is 0 Å². The number of aromatic nitrogens is 2. The normalized spacial score (nSPS) is 16.3. The molecule has 1 fully saturated rings. The fourth-order valence-corrected chi connectivity index (χ4v) is 4.36. The van der Waals surface area contributed by atoms with Crippen molar-refractivity contribution in [2.24, 2.45) is 0 Å². The summed E-state index contributed by atoms with van der Waals surface area (Å²) in [5.74, 6) is 0.788. The van der Waals surface area contributed by atoms with Crippen LogP contribution in [0.2, 0.25) is 0 Å². The molecule has 0 spiro atoms. The predicted octanol–water partition coefficient (Wildman–Crippen LogP) is 4.03. The number of thiophene rings is 1. The molecule has 0 amide bonds. The Morgan fingerprint density at radius 3 is 2.58 bits per heavy atom. The number of likely N-dealkylation sites (tertiary alicyclic amines) is 1. The van der Waals surface area contributed by atoms with E-state index in [2.05, 4.69) is 22.0 Å². The highest BCUT2D eigenvalue weighted by Gasteiger charge is 2.14.